The molecule has 28 heavy (non-hydrogen) atoms. The van der Waals surface area contributed by atoms with Gasteiger partial charge in [0.1, 0.15) is 13.7 Å². The van der Waals surface area contributed by atoms with E-state index in [1.807, 2.05) is 27.7 Å². The van der Waals surface area contributed by atoms with Crippen molar-refractivity contribution in [3.05, 3.63) is 28.8 Å². The molecule has 0 spiro atoms. The van der Waals surface area contributed by atoms with Gasteiger partial charge in [0, 0.05) is 44.0 Å². The van der Waals surface area contributed by atoms with Gasteiger partial charge in [-0.3, -0.25) is 10.2 Å². The smallest absolute Gasteiger partial charge is 0.412 e. The quantitative estimate of drug-likeness (QED) is 0.594. The van der Waals surface area contributed by atoms with E-state index < -0.39 is 19.8 Å². The zero-order valence-corrected chi connectivity index (χ0v) is 19.5. The standard InChI is InChI=1S/C22H35N3O2Si/c1-17-19(8-13-28(5,6)7)14-18(16-25-11-9-23-10-12-25)15-20(17)24-21(26)27-22(2,3)4/h14-15,23H,9-12,16H2,1-7H3,(H,24,26). The Hall–Kier alpha value is -1.81. The maximum Gasteiger partial charge on any atom is 0.412 e. The van der Waals surface area contributed by atoms with Crippen LogP contribution in [0.2, 0.25) is 19.6 Å². The number of rotatable bonds is 3. The van der Waals surface area contributed by atoms with Gasteiger partial charge >= 0.3 is 6.09 Å². The van der Waals surface area contributed by atoms with Crippen molar-refractivity contribution in [2.24, 2.45) is 0 Å². The maximum absolute atomic E-state index is 12.3. The summed E-state index contributed by atoms with van der Waals surface area (Å²) < 4.78 is 5.44. The normalized spacial score (nSPS) is 15.5. The van der Waals surface area contributed by atoms with E-state index in [4.69, 9.17) is 4.74 Å². The first-order valence-corrected chi connectivity index (χ1v) is 13.5. The summed E-state index contributed by atoms with van der Waals surface area (Å²) in [6.45, 7) is 19.2. The molecule has 0 atom stereocenters. The largest absolute Gasteiger partial charge is 0.444 e. The van der Waals surface area contributed by atoms with Crippen LogP contribution in [0.25, 0.3) is 0 Å². The van der Waals surface area contributed by atoms with Crippen molar-refractivity contribution in [2.75, 3.05) is 31.5 Å². The monoisotopic (exact) mass is 401 g/mol. The predicted octanol–water partition coefficient (Wildman–Crippen LogP) is 3.98. The van der Waals surface area contributed by atoms with E-state index in [9.17, 15) is 4.79 Å². The van der Waals surface area contributed by atoms with Crippen molar-refractivity contribution >= 4 is 19.9 Å². The summed E-state index contributed by atoms with van der Waals surface area (Å²) in [7, 11) is -1.50. The van der Waals surface area contributed by atoms with Crippen LogP contribution in [0.15, 0.2) is 12.1 Å². The minimum absolute atomic E-state index is 0.431. The molecule has 5 nitrogen and oxygen atoms in total. The lowest BCUT2D eigenvalue weighted by atomic mass is 10.0. The summed E-state index contributed by atoms with van der Waals surface area (Å²) in [4.78, 5) is 14.8. The average Bonchev–Trinajstić information content (AvgIpc) is 2.55. The van der Waals surface area contributed by atoms with Crippen LogP contribution in [0.3, 0.4) is 0 Å². The molecule has 1 aliphatic rings. The molecule has 0 aromatic heterocycles. The second-order valence-corrected chi connectivity index (χ2v) is 14.2. The second-order valence-electron chi connectivity index (χ2n) is 9.47. The first-order chi connectivity index (χ1) is 12.9. The summed E-state index contributed by atoms with van der Waals surface area (Å²) in [5.41, 5.74) is 6.84. The van der Waals surface area contributed by atoms with Crippen molar-refractivity contribution in [1.82, 2.24) is 10.2 Å². The second kappa shape index (κ2) is 9.12. The summed E-state index contributed by atoms with van der Waals surface area (Å²) in [6, 6.07) is 4.23. The molecule has 1 heterocycles. The van der Waals surface area contributed by atoms with E-state index in [-0.39, 0.29) is 0 Å². The van der Waals surface area contributed by atoms with Crippen LogP contribution in [0, 0.1) is 18.4 Å². The molecule has 1 saturated heterocycles. The van der Waals surface area contributed by atoms with Gasteiger partial charge in [-0.15, -0.1) is 5.54 Å². The van der Waals surface area contributed by atoms with Gasteiger partial charge < -0.3 is 10.1 Å². The lowest BCUT2D eigenvalue weighted by Crippen LogP contribution is -2.42. The van der Waals surface area contributed by atoms with Crippen molar-refractivity contribution < 1.29 is 9.53 Å². The van der Waals surface area contributed by atoms with E-state index in [1.54, 1.807) is 0 Å². The van der Waals surface area contributed by atoms with E-state index in [0.717, 1.165) is 49.5 Å². The third-order valence-electron chi connectivity index (χ3n) is 4.29. The number of hydrogen-bond donors (Lipinski definition) is 2. The number of ether oxygens (including phenoxy) is 1. The third kappa shape index (κ3) is 7.67. The molecule has 1 aromatic rings. The van der Waals surface area contributed by atoms with Gasteiger partial charge in [-0.1, -0.05) is 25.6 Å². The van der Waals surface area contributed by atoms with E-state index >= 15 is 0 Å². The molecule has 1 aromatic carbocycles. The summed E-state index contributed by atoms with van der Waals surface area (Å²) in [6.07, 6.45) is -0.431. The Morgan fingerprint density at radius 3 is 2.46 bits per heavy atom. The molecule has 0 radical (unpaired) electrons. The fourth-order valence-electron chi connectivity index (χ4n) is 2.92. The predicted molar refractivity (Wildman–Crippen MR) is 119 cm³/mol. The third-order valence-corrected chi connectivity index (χ3v) is 5.17. The van der Waals surface area contributed by atoms with Gasteiger partial charge in [0.05, 0.1) is 0 Å². The zero-order chi connectivity index (χ0) is 20.9. The molecule has 1 aliphatic heterocycles. The van der Waals surface area contributed by atoms with Gasteiger partial charge in [0.15, 0.2) is 0 Å². The van der Waals surface area contributed by atoms with Gasteiger partial charge in [-0.25, -0.2) is 4.79 Å². The molecule has 0 aliphatic carbocycles. The molecule has 6 heteroatoms. The Kier molecular flexibility index (Phi) is 7.32. The Labute approximate surface area is 171 Å². The lowest BCUT2D eigenvalue weighted by Gasteiger charge is -2.27. The highest BCUT2D eigenvalue weighted by Crippen LogP contribution is 2.24. The van der Waals surface area contributed by atoms with Crippen LogP contribution in [-0.2, 0) is 11.3 Å². The molecular weight excluding hydrogens is 366 g/mol. The van der Waals surface area contributed by atoms with Gasteiger partial charge in [0.2, 0.25) is 0 Å². The molecule has 0 bridgehead atoms. The number of nitrogens with zero attached hydrogens (tertiary/aromatic N) is 1. The Bertz CT molecular complexity index is 761. The Morgan fingerprint density at radius 2 is 1.89 bits per heavy atom. The van der Waals surface area contributed by atoms with Gasteiger partial charge in [-0.2, -0.15) is 0 Å². The van der Waals surface area contributed by atoms with Crippen LogP contribution in [-0.4, -0.2) is 50.8 Å². The number of piperazine rings is 1. The van der Waals surface area contributed by atoms with Crippen LogP contribution in [0.4, 0.5) is 10.5 Å². The number of benzene rings is 1. The van der Waals surface area contributed by atoms with Crippen molar-refractivity contribution in [1.29, 1.82) is 0 Å². The van der Waals surface area contributed by atoms with E-state index in [1.165, 1.54) is 5.56 Å². The first-order valence-electron chi connectivity index (χ1n) is 10.0. The van der Waals surface area contributed by atoms with Crippen molar-refractivity contribution in [2.45, 2.75) is 59.5 Å². The molecular formula is C22H35N3O2Si. The first kappa shape index (κ1) is 22.5. The minimum Gasteiger partial charge on any atom is -0.444 e. The van der Waals surface area contributed by atoms with E-state index in [0.29, 0.717) is 0 Å². The minimum atomic E-state index is -1.50. The van der Waals surface area contributed by atoms with Crippen molar-refractivity contribution in [3.63, 3.8) is 0 Å². The molecule has 154 valence electrons. The summed E-state index contributed by atoms with van der Waals surface area (Å²) in [5, 5.41) is 6.32. The maximum atomic E-state index is 12.3. The highest BCUT2D eigenvalue weighted by molar-refractivity contribution is 6.83. The number of carbonyl (C=O) groups excluding carboxylic acids is 1. The average molecular weight is 402 g/mol. The molecule has 0 unspecified atom stereocenters. The van der Waals surface area contributed by atoms with Gasteiger partial charge in [-0.05, 0) is 51.0 Å². The van der Waals surface area contributed by atoms with Crippen LogP contribution < -0.4 is 10.6 Å². The molecule has 2 rings (SSSR count). The molecule has 1 fully saturated rings. The van der Waals surface area contributed by atoms with Crippen LogP contribution in [0.1, 0.15) is 37.5 Å². The molecule has 2 N–H and O–H groups in total. The van der Waals surface area contributed by atoms with Crippen LogP contribution in [0.5, 0.6) is 0 Å². The number of hydrogen-bond acceptors (Lipinski definition) is 4. The SMILES string of the molecule is Cc1c(C#C[Si](C)(C)C)cc(CN2CCNCC2)cc1NC(=O)OC(C)(C)C. The number of amides is 1. The topological polar surface area (TPSA) is 53.6 Å². The van der Waals surface area contributed by atoms with Crippen LogP contribution >= 0.6 is 0 Å². The summed E-state index contributed by atoms with van der Waals surface area (Å²) in [5.74, 6) is 3.38. The number of anilines is 1. The fourth-order valence-corrected chi connectivity index (χ4v) is 3.43. The van der Waals surface area contributed by atoms with E-state index in [2.05, 4.69) is 58.8 Å². The lowest BCUT2D eigenvalue weighted by molar-refractivity contribution is 0.0636. The highest BCUT2D eigenvalue weighted by atomic mass is 28.3. The Morgan fingerprint density at radius 1 is 1.25 bits per heavy atom. The van der Waals surface area contributed by atoms with Gasteiger partial charge in [0.25, 0.3) is 0 Å². The number of nitrogens with one attached hydrogen (secondary N) is 2. The summed E-state index contributed by atoms with van der Waals surface area (Å²) >= 11 is 0. The zero-order valence-electron chi connectivity index (χ0n) is 18.5. The highest BCUT2D eigenvalue weighted by Gasteiger charge is 2.19. The molecule has 0 saturated carbocycles. The van der Waals surface area contributed by atoms with Crippen molar-refractivity contribution in [3.8, 4) is 11.5 Å². The number of carbonyl (C=O) groups is 1. The fraction of sp³-hybridized carbons (Fsp3) is 0.591. The Balaban J connectivity index is 2.33. The molecule has 1 amide bonds.